The third kappa shape index (κ3) is 8.94. The molecule has 10 heteroatoms. The van der Waals surface area contributed by atoms with Crippen LogP contribution >= 0.6 is 24.0 Å². The van der Waals surface area contributed by atoms with Gasteiger partial charge in [0.1, 0.15) is 17.3 Å². The second-order valence-corrected chi connectivity index (χ2v) is 9.52. The van der Waals surface area contributed by atoms with Crippen LogP contribution in [0.1, 0.15) is 29.5 Å². The second kappa shape index (κ2) is 15.0. The highest BCUT2D eigenvalue weighted by atomic mass is 35.5. The highest BCUT2D eigenvalue weighted by Crippen LogP contribution is 2.36. The fourth-order valence-electron chi connectivity index (χ4n) is 4.03. The summed E-state index contributed by atoms with van der Waals surface area (Å²) in [5.41, 5.74) is 8.21. The number of phenols is 1. The maximum absolute atomic E-state index is 13.9. The lowest BCUT2D eigenvalue weighted by Crippen LogP contribution is -2.32. The van der Waals surface area contributed by atoms with Crippen LogP contribution < -0.4 is 20.7 Å². The molecule has 0 spiro atoms. The van der Waals surface area contributed by atoms with E-state index >= 15 is 0 Å². The average molecular weight is 599 g/mol. The Bertz CT molecular complexity index is 1480. The summed E-state index contributed by atoms with van der Waals surface area (Å²) in [6.07, 6.45) is -0.201. The Hall–Kier alpha value is -4.11. The van der Waals surface area contributed by atoms with Gasteiger partial charge < -0.3 is 25.8 Å². The van der Waals surface area contributed by atoms with Crippen LogP contribution in [0.4, 0.5) is 10.1 Å². The topological polar surface area (TPSA) is 105 Å². The summed E-state index contributed by atoms with van der Waals surface area (Å²) in [6, 6.07) is 24.9. The highest BCUT2D eigenvalue weighted by molar-refractivity contribution is 6.30. The van der Waals surface area contributed by atoms with Gasteiger partial charge in [-0.05, 0) is 53.6 Å². The van der Waals surface area contributed by atoms with Crippen LogP contribution in [0.3, 0.4) is 0 Å². The molecule has 4 aromatic carbocycles. The summed E-state index contributed by atoms with van der Waals surface area (Å²) >= 11 is 6.29. The summed E-state index contributed by atoms with van der Waals surface area (Å²) in [5.74, 6) is -0.159. The third-order valence-electron chi connectivity index (χ3n) is 6.15. The van der Waals surface area contributed by atoms with E-state index in [1.165, 1.54) is 23.1 Å². The summed E-state index contributed by atoms with van der Waals surface area (Å²) < 4.78 is 20.0. The first-order valence-electron chi connectivity index (χ1n) is 12.7. The maximum Gasteiger partial charge on any atom is 0.227 e. The van der Waals surface area contributed by atoms with E-state index in [2.05, 4.69) is 5.32 Å². The predicted molar refractivity (Wildman–Crippen MR) is 160 cm³/mol. The van der Waals surface area contributed by atoms with Crippen LogP contribution in [0.25, 0.3) is 0 Å². The van der Waals surface area contributed by atoms with E-state index in [0.29, 0.717) is 34.3 Å². The molecule has 0 heterocycles. The van der Waals surface area contributed by atoms with Crippen LogP contribution in [0.15, 0.2) is 91.0 Å². The van der Waals surface area contributed by atoms with Crippen LogP contribution in [0.2, 0.25) is 5.02 Å². The number of rotatable bonds is 11. The van der Waals surface area contributed by atoms with E-state index in [9.17, 15) is 19.1 Å². The first-order chi connectivity index (χ1) is 19.3. The van der Waals surface area contributed by atoms with Crippen molar-refractivity contribution >= 4 is 41.5 Å². The van der Waals surface area contributed by atoms with Gasteiger partial charge in [-0.2, -0.15) is 0 Å². The molecular formula is C31H30Cl2FN3O4. The van der Waals surface area contributed by atoms with Crippen LogP contribution in [-0.4, -0.2) is 16.9 Å². The number of nitrogens with one attached hydrogen (secondary N) is 1. The van der Waals surface area contributed by atoms with E-state index in [4.69, 9.17) is 22.1 Å². The van der Waals surface area contributed by atoms with E-state index in [-0.39, 0.29) is 55.9 Å². The number of ether oxygens (including phenoxy) is 1. The zero-order valence-electron chi connectivity index (χ0n) is 22.1. The van der Waals surface area contributed by atoms with Gasteiger partial charge >= 0.3 is 0 Å². The minimum Gasteiger partial charge on any atom is -0.508 e. The van der Waals surface area contributed by atoms with Crippen molar-refractivity contribution in [1.82, 2.24) is 5.32 Å². The molecule has 0 aromatic heterocycles. The molecule has 0 radical (unpaired) electrons. The molecule has 4 N–H and O–H groups in total. The number of nitrogens with zero attached hydrogens (tertiary/aromatic N) is 1. The van der Waals surface area contributed by atoms with Gasteiger partial charge in [-0.3, -0.25) is 9.59 Å². The van der Waals surface area contributed by atoms with Crippen LogP contribution in [0.5, 0.6) is 17.2 Å². The summed E-state index contributed by atoms with van der Waals surface area (Å²) in [7, 11) is 0. The lowest BCUT2D eigenvalue weighted by Gasteiger charge is -2.26. The normalized spacial score (nSPS) is 10.4. The van der Waals surface area contributed by atoms with Crippen molar-refractivity contribution in [3.05, 3.63) is 119 Å². The summed E-state index contributed by atoms with van der Waals surface area (Å²) in [6.45, 7) is 0.509. The minimum absolute atomic E-state index is 0. The molecule has 0 atom stereocenters. The predicted octanol–water partition coefficient (Wildman–Crippen LogP) is 6.49. The van der Waals surface area contributed by atoms with Gasteiger partial charge in [0.2, 0.25) is 11.8 Å². The number of phenolic OH excluding ortho intramolecular Hbond substituents is 1. The summed E-state index contributed by atoms with van der Waals surface area (Å²) in [4.78, 5) is 27.6. The fourth-order valence-corrected chi connectivity index (χ4v) is 4.19. The SMILES string of the molecule is Cl.NCc1cccc(Oc2cc(Cl)ccc2N(Cc2ccc(O)cc2)C(=O)CCC(=O)NCc2ccccc2F)c1. The molecule has 4 aromatic rings. The van der Waals surface area contributed by atoms with Crippen molar-refractivity contribution in [2.45, 2.75) is 32.5 Å². The number of benzene rings is 4. The van der Waals surface area contributed by atoms with Crippen molar-refractivity contribution < 1.29 is 23.8 Å². The van der Waals surface area contributed by atoms with Gasteiger partial charge in [-0.1, -0.05) is 54.1 Å². The Labute approximate surface area is 249 Å². The Kier molecular flexibility index (Phi) is 11.5. The molecule has 41 heavy (non-hydrogen) atoms. The molecular weight excluding hydrogens is 568 g/mol. The Morgan fingerprint density at radius 1 is 0.927 bits per heavy atom. The first-order valence-corrected chi connectivity index (χ1v) is 13.0. The number of hydrogen-bond acceptors (Lipinski definition) is 5. The molecule has 7 nitrogen and oxygen atoms in total. The third-order valence-corrected chi connectivity index (χ3v) is 6.39. The largest absolute Gasteiger partial charge is 0.508 e. The fraction of sp³-hybridized carbons (Fsp3) is 0.161. The number of aromatic hydroxyl groups is 1. The van der Waals surface area contributed by atoms with Gasteiger partial charge in [0.05, 0.1) is 12.2 Å². The number of nitrogens with two attached hydrogens (primary N) is 1. The number of halogens is 3. The van der Waals surface area contributed by atoms with Gasteiger partial charge in [0.15, 0.2) is 5.75 Å². The van der Waals surface area contributed by atoms with Crippen LogP contribution in [0, 0.1) is 5.82 Å². The molecule has 0 aliphatic heterocycles. The highest BCUT2D eigenvalue weighted by Gasteiger charge is 2.22. The first kappa shape index (κ1) is 31.4. The lowest BCUT2D eigenvalue weighted by atomic mass is 10.1. The van der Waals surface area contributed by atoms with Gasteiger partial charge in [0, 0.05) is 42.6 Å². The molecule has 0 aliphatic carbocycles. The van der Waals surface area contributed by atoms with Gasteiger partial charge in [-0.15, -0.1) is 12.4 Å². The van der Waals surface area contributed by atoms with E-state index < -0.39 is 5.82 Å². The lowest BCUT2D eigenvalue weighted by molar-refractivity contribution is -0.125. The summed E-state index contributed by atoms with van der Waals surface area (Å²) in [5, 5.41) is 12.8. The standard InChI is InChI=1S/C31H29ClFN3O4.ClH/c32-24-10-13-28(29(17-24)40-26-6-3-4-22(16-26)18-34)36(20-21-8-11-25(37)12-9-21)31(39)15-14-30(38)35-19-23-5-1-2-7-27(23)33;/h1-13,16-17,37H,14-15,18-20,34H2,(H,35,38);1H. The van der Waals surface area contributed by atoms with E-state index in [1.54, 1.807) is 60.7 Å². The minimum atomic E-state index is -0.411. The van der Waals surface area contributed by atoms with E-state index in [1.807, 2.05) is 12.1 Å². The molecule has 0 fully saturated rings. The molecule has 2 amide bonds. The monoisotopic (exact) mass is 597 g/mol. The number of carbonyl (C=O) groups excluding carboxylic acids is 2. The molecule has 0 saturated carbocycles. The number of carbonyl (C=O) groups is 2. The molecule has 0 unspecified atom stereocenters. The molecule has 0 aliphatic rings. The quantitative estimate of drug-likeness (QED) is 0.183. The van der Waals surface area contributed by atoms with Crippen LogP contribution in [-0.2, 0) is 29.2 Å². The molecule has 214 valence electrons. The Balaban J connectivity index is 0.00000462. The van der Waals surface area contributed by atoms with E-state index in [0.717, 1.165) is 11.1 Å². The van der Waals surface area contributed by atoms with Crippen molar-refractivity contribution in [1.29, 1.82) is 0 Å². The van der Waals surface area contributed by atoms with Crippen molar-refractivity contribution in [3.8, 4) is 17.2 Å². The average Bonchev–Trinajstić information content (AvgIpc) is 2.95. The second-order valence-electron chi connectivity index (χ2n) is 9.08. The number of amides is 2. The van der Waals surface area contributed by atoms with Crippen molar-refractivity contribution in [2.75, 3.05) is 4.90 Å². The van der Waals surface area contributed by atoms with Gasteiger partial charge in [0.25, 0.3) is 0 Å². The molecule has 4 rings (SSSR count). The van der Waals surface area contributed by atoms with Crippen molar-refractivity contribution in [3.63, 3.8) is 0 Å². The Morgan fingerprint density at radius 3 is 2.41 bits per heavy atom. The maximum atomic E-state index is 13.9. The number of anilines is 1. The zero-order valence-corrected chi connectivity index (χ0v) is 23.6. The molecule has 0 bridgehead atoms. The molecule has 0 saturated heterocycles. The zero-order chi connectivity index (χ0) is 28.5. The van der Waals surface area contributed by atoms with Crippen molar-refractivity contribution in [2.24, 2.45) is 5.73 Å². The van der Waals surface area contributed by atoms with Gasteiger partial charge in [-0.25, -0.2) is 4.39 Å². The number of hydrogen-bond donors (Lipinski definition) is 3. The smallest absolute Gasteiger partial charge is 0.227 e. The Morgan fingerprint density at radius 2 is 1.68 bits per heavy atom.